The number of rotatable bonds is 4. The summed E-state index contributed by atoms with van der Waals surface area (Å²) < 4.78 is 0. The van der Waals surface area contributed by atoms with Crippen LogP contribution in [0.1, 0.15) is 6.42 Å². The summed E-state index contributed by atoms with van der Waals surface area (Å²) in [5, 5.41) is 8.61. The lowest BCUT2D eigenvalue weighted by atomic mass is 10.2. The second-order valence-corrected chi connectivity index (χ2v) is 5.30. The third kappa shape index (κ3) is 4.91. The van der Waals surface area contributed by atoms with Gasteiger partial charge in [-0.15, -0.1) is 5.06 Å². The quantitative estimate of drug-likeness (QED) is 0.668. The molecular weight excluding hydrogens is 329 g/mol. The maximum absolute atomic E-state index is 11.9. The fourth-order valence-electron chi connectivity index (χ4n) is 1.86. The molecule has 1 heterocycles. The van der Waals surface area contributed by atoms with E-state index in [-0.39, 0.29) is 0 Å². The molecule has 0 fully saturated rings. The van der Waals surface area contributed by atoms with Crippen LogP contribution in [0.3, 0.4) is 0 Å². The molecule has 118 valence electrons. The summed E-state index contributed by atoms with van der Waals surface area (Å²) >= 11 is 11.7. The molecule has 1 aliphatic heterocycles. The summed E-state index contributed by atoms with van der Waals surface area (Å²) in [5.74, 6) is 0. The van der Waals surface area contributed by atoms with E-state index in [0.717, 1.165) is 12.0 Å². The Labute approximate surface area is 138 Å². The van der Waals surface area contributed by atoms with E-state index in [2.05, 4.69) is 15.3 Å². The molecule has 0 spiro atoms. The fraction of sp³-hybridized carbons (Fsp3) is 0.286. The lowest BCUT2D eigenvalue weighted by Crippen LogP contribution is -2.34. The van der Waals surface area contributed by atoms with Gasteiger partial charge in [-0.2, -0.15) is 0 Å². The Balaban J connectivity index is 1.88. The van der Waals surface area contributed by atoms with Crippen molar-refractivity contribution in [2.45, 2.75) is 6.42 Å². The number of hydrogen-bond acceptors (Lipinski definition) is 5. The second-order valence-electron chi connectivity index (χ2n) is 4.48. The molecule has 0 radical (unpaired) electrons. The number of nitrogens with one attached hydrogen (secondary N) is 1. The van der Waals surface area contributed by atoms with E-state index in [1.807, 2.05) is 6.08 Å². The van der Waals surface area contributed by atoms with Crippen molar-refractivity contribution in [2.24, 2.45) is 5.16 Å². The summed E-state index contributed by atoms with van der Waals surface area (Å²) in [7, 11) is 1.47. The van der Waals surface area contributed by atoms with Crippen LogP contribution in [-0.2, 0) is 9.68 Å². The van der Waals surface area contributed by atoms with Crippen LogP contribution in [0.25, 0.3) is 0 Å². The molecule has 1 aromatic carbocycles. The zero-order chi connectivity index (χ0) is 15.9. The first kappa shape index (κ1) is 16.6. The molecule has 22 heavy (non-hydrogen) atoms. The standard InChI is InChI=1S/C14H15Cl2N3O3/c1-21-17-8-10-3-2-6-19(9-10)22-14(20)18-11-4-5-12(15)13(16)7-11/h3-5,7-8H,2,6,9H2,1H3,(H,18,20)/b17-8+. The van der Waals surface area contributed by atoms with Gasteiger partial charge in [-0.25, -0.2) is 4.79 Å². The second kappa shape index (κ2) is 8.03. The number of carbonyl (C=O) groups is 1. The molecule has 2 rings (SSSR count). The Bertz CT molecular complexity index is 605. The van der Waals surface area contributed by atoms with Crippen LogP contribution in [0, 0.1) is 0 Å². The number of anilines is 1. The van der Waals surface area contributed by atoms with Gasteiger partial charge in [0.25, 0.3) is 0 Å². The lowest BCUT2D eigenvalue weighted by Gasteiger charge is -2.24. The van der Waals surface area contributed by atoms with Crippen molar-refractivity contribution in [1.29, 1.82) is 0 Å². The molecular formula is C14H15Cl2N3O3. The first-order chi connectivity index (χ1) is 10.6. The minimum absolute atomic E-state index is 0.360. The van der Waals surface area contributed by atoms with Crippen molar-refractivity contribution in [3.63, 3.8) is 0 Å². The molecule has 0 bridgehead atoms. The Morgan fingerprint density at radius 1 is 1.41 bits per heavy atom. The van der Waals surface area contributed by atoms with Gasteiger partial charge >= 0.3 is 6.09 Å². The van der Waals surface area contributed by atoms with Crippen molar-refractivity contribution in [2.75, 3.05) is 25.5 Å². The van der Waals surface area contributed by atoms with Gasteiger partial charge in [0.2, 0.25) is 0 Å². The Morgan fingerprint density at radius 2 is 2.23 bits per heavy atom. The summed E-state index contributed by atoms with van der Waals surface area (Å²) in [6.07, 6.45) is 3.76. The molecule has 6 nitrogen and oxygen atoms in total. The van der Waals surface area contributed by atoms with Gasteiger partial charge in [0.15, 0.2) is 0 Å². The van der Waals surface area contributed by atoms with E-state index in [4.69, 9.17) is 28.0 Å². The van der Waals surface area contributed by atoms with Crippen LogP contribution >= 0.6 is 23.2 Å². The number of oxime groups is 1. The number of carbonyl (C=O) groups excluding carboxylic acids is 1. The molecule has 0 atom stereocenters. The van der Waals surface area contributed by atoms with Crippen LogP contribution in [0.5, 0.6) is 0 Å². The third-order valence-electron chi connectivity index (χ3n) is 2.85. The Hall–Kier alpha value is -1.76. The van der Waals surface area contributed by atoms with Gasteiger partial charge in [0, 0.05) is 12.2 Å². The van der Waals surface area contributed by atoms with Crippen molar-refractivity contribution in [1.82, 2.24) is 5.06 Å². The van der Waals surface area contributed by atoms with Gasteiger partial charge in [0.05, 0.1) is 22.8 Å². The van der Waals surface area contributed by atoms with E-state index in [1.54, 1.807) is 29.5 Å². The molecule has 1 aliphatic rings. The summed E-state index contributed by atoms with van der Waals surface area (Å²) in [6.45, 7) is 1.06. The molecule has 0 aromatic heterocycles. The van der Waals surface area contributed by atoms with Gasteiger partial charge in [0.1, 0.15) is 7.11 Å². The van der Waals surface area contributed by atoms with E-state index < -0.39 is 6.09 Å². The highest BCUT2D eigenvalue weighted by Gasteiger charge is 2.16. The molecule has 8 heteroatoms. The Kier molecular flexibility index (Phi) is 6.06. The molecule has 1 N–H and O–H groups in total. The van der Waals surface area contributed by atoms with Gasteiger partial charge < -0.3 is 9.68 Å². The van der Waals surface area contributed by atoms with Gasteiger partial charge in [-0.3, -0.25) is 5.32 Å². The molecule has 0 saturated heterocycles. The lowest BCUT2D eigenvalue weighted by molar-refractivity contribution is -0.0872. The number of amides is 1. The Morgan fingerprint density at radius 3 is 2.95 bits per heavy atom. The molecule has 0 aliphatic carbocycles. The van der Waals surface area contributed by atoms with E-state index in [9.17, 15) is 4.79 Å². The van der Waals surface area contributed by atoms with Gasteiger partial charge in [-0.05, 0) is 30.2 Å². The minimum atomic E-state index is -0.594. The predicted molar refractivity (Wildman–Crippen MR) is 86.3 cm³/mol. The first-order valence-corrected chi connectivity index (χ1v) is 7.28. The zero-order valence-corrected chi connectivity index (χ0v) is 13.4. The predicted octanol–water partition coefficient (Wildman–Crippen LogP) is 3.72. The summed E-state index contributed by atoms with van der Waals surface area (Å²) in [4.78, 5) is 21.7. The third-order valence-corrected chi connectivity index (χ3v) is 3.58. The number of benzene rings is 1. The molecule has 0 saturated carbocycles. The van der Waals surface area contributed by atoms with Crippen molar-refractivity contribution in [3.05, 3.63) is 39.9 Å². The minimum Gasteiger partial charge on any atom is -0.399 e. The topological polar surface area (TPSA) is 63.2 Å². The summed E-state index contributed by atoms with van der Waals surface area (Å²) in [6, 6.07) is 4.79. The highest BCUT2D eigenvalue weighted by Crippen LogP contribution is 2.25. The largest absolute Gasteiger partial charge is 0.430 e. The number of nitrogens with zero attached hydrogens (tertiary/aromatic N) is 2. The zero-order valence-electron chi connectivity index (χ0n) is 11.9. The van der Waals surface area contributed by atoms with Crippen LogP contribution in [0.2, 0.25) is 10.0 Å². The molecule has 1 amide bonds. The van der Waals surface area contributed by atoms with Gasteiger partial charge in [-0.1, -0.05) is 34.4 Å². The van der Waals surface area contributed by atoms with Crippen LogP contribution in [-0.4, -0.2) is 37.6 Å². The smallest absolute Gasteiger partial charge is 0.399 e. The normalized spacial score (nSPS) is 15.5. The molecule has 0 unspecified atom stereocenters. The highest BCUT2D eigenvalue weighted by atomic mass is 35.5. The average Bonchev–Trinajstić information content (AvgIpc) is 2.49. The number of hydroxylamine groups is 2. The first-order valence-electron chi connectivity index (χ1n) is 6.53. The average molecular weight is 344 g/mol. The van der Waals surface area contributed by atoms with Crippen molar-refractivity contribution in [3.8, 4) is 0 Å². The van der Waals surface area contributed by atoms with E-state index in [0.29, 0.717) is 28.8 Å². The maximum Gasteiger partial charge on any atom is 0.430 e. The number of hydrogen-bond donors (Lipinski definition) is 1. The van der Waals surface area contributed by atoms with E-state index >= 15 is 0 Å². The number of halogens is 2. The van der Waals surface area contributed by atoms with E-state index in [1.165, 1.54) is 7.11 Å². The monoisotopic (exact) mass is 343 g/mol. The maximum atomic E-state index is 11.9. The van der Waals surface area contributed by atoms with Crippen LogP contribution < -0.4 is 5.32 Å². The molecule has 1 aromatic rings. The highest BCUT2D eigenvalue weighted by molar-refractivity contribution is 6.42. The van der Waals surface area contributed by atoms with Crippen molar-refractivity contribution < 1.29 is 14.5 Å². The van der Waals surface area contributed by atoms with Crippen LogP contribution in [0.4, 0.5) is 10.5 Å². The fourth-order valence-corrected chi connectivity index (χ4v) is 2.16. The summed E-state index contributed by atoms with van der Waals surface area (Å²) in [5.41, 5.74) is 1.42. The SMILES string of the molecule is CO/N=C/C1=CCCN(OC(=O)Nc2ccc(Cl)c(Cl)c2)C1. The van der Waals surface area contributed by atoms with Crippen LogP contribution in [0.15, 0.2) is 35.0 Å². The van der Waals surface area contributed by atoms with Crippen molar-refractivity contribution >= 4 is 41.2 Å².